The first-order valence-corrected chi connectivity index (χ1v) is 7.70. The highest BCUT2D eigenvalue weighted by Gasteiger charge is 2.32. The van der Waals surface area contributed by atoms with Gasteiger partial charge in [-0.1, -0.05) is 24.3 Å². The zero-order chi connectivity index (χ0) is 16.5. The molecule has 0 unspecified atom stereocenters. The van der Waals surface area contributed by atoms with Gasteiger partial charge in [0.2, 0.25) is 6.79 Å². The molecule has 2 aliphatic rings. The van der Waals surface area contributed by atoms with Gasteiger partial charge in [-0.3, -0.25) is 4.79 Å². The van der Waals surface area contributed by atoms with Crippen LogP contribution < -0.4 is 14.4 Å². The van der Waals surface area contributed by atoms with E-state index in [9.17, 15) is 4.79 Å². The van der Waals surface area contributed by atoms with Gasteiger partial charge >= 0.3 is 0 Å². The summed E-state index contributed by atoms with van der Waals surface area (Å²) in [4.78, 5) is 14.2. The SMILES string of the molecule is CCN1C(=O)C(=NN=Cc2cccc3c2OCO3)c2ccccc21. The zero-order valence-corrected chi connectivity index (χ0v) is 13.1. The second kappa shape index (κ2) is 5.81. The molecule has 6 nitrogen and oxygen atoms in total. The number of ether oxygens (including phenoxy) is 2. The molecule has 0 aromatic heterocycles. The van der Waals surface area contributed by atoms with E-state index in [2.05, 4.69) is 10.2 Å². The fourth-order valence-electron chi connectivity index (χ4n) is 2.88. The predicted octanol–water partition coefficient (Wildman–Crippen LogP) is 2.61. The minimum absolute atomic E-state index is 0.131. The molecule has 120 valence electrons. The number of anilines is 1. The molecule has 0 fully saturated rings. The summed E-state index contributed by atoms with van der Waals surface area (Å²) in [7, 11) is 0. The van der Waals surface area contributed by atoms with Crippen molar-refractivity contribution in [2.45, 2.75) is 6.92 Å². The minimum atomic E-state index is -0.131. The summed E-state index contributed by atoms with van der Waals surface area (Å²) in [5.41, 5.74) is 2.80. The Balaban J connectivity index is 1.67. The van der Waals surface area contributed by atoms with Crippen molar-refractivity contribution in [3.8, 4) is 11.5 Å². The Kier molecular flexibility index (Phi) is 3.49. The van der Waals surface area contributed by atoms with Crippen molar-refractivity contribution in [3.63, 3.8) is 0 Å². The number of carbonyl (C=O) groups is 1. The van der Waals surface area contributed by atoms with Gasteiger partial charge in [0.1, 0.15) is 0 Å². The van der Waals surface area contributed by atoms with E-state index in [1.54, 1.807) is 11.1 Å². The van der Waals surface area contributed by atoms with Crippen LogP contribution in [0.2, 0.25) is 0 Å². The number of para-hydroxylation sites is 2. The molecule has 0 atom stereocenters. The lowest BCUT2D eigenvalue weighted by molar-refractivity contribution is -0.112. The van der Waals surface area contributed by atoms with Crippen LogP contribution in [0.5, 0.6) is 11.5 Å². The van der Waals surface area contributed by atoms with Crippen LogP contribution in [0.3, 0.4) is 0 Å². The number of hydrogen-bond donors (Lipinski definition) is 0. The topological polar surface area (TPSA) is 63.5 Å². The summed E-state index contributed by atoms with van der Waals surface area (Å²) < 4.78 is 10.8. The van der Waals surface area contributed by atoms with Crippen LogP contribution in [0, 0.1) is 0 Å². The maximum atomic E-state index is 12.5. The highest BCUT2D eigenvalue weighted by atomic mass is 16.7. The fourth-order valence-corrected chi connectivity index (χ4v) is 2.88. The Labute approximate surface area is 139 Å². The number of amides is 1. The predicted molar refractivity (Wildman–Crippen MR) is 91.2 cm³/mol. The second-order valence-corrected chi connectivity index (χ2v) is 5.34. The van der Waals surface area contributed by atoms with Gasteiger partial charge < -0.3 is 14.4 Å². The average molecular weight is 321 g/mol. The lowest BCUT2D eigenvalue weighted by Gasteiger charge is -2.12. The van der Waals surface area contributed by atoms with Crippen molar-refractivity contribution in [3.05, 3.63) is 53.6 Å². The second-order valence-electron chi connectivity index (χ2n) is 5.34. The molecule has 0 radical (unpaired) electrons. The van der Waals surface area contributed by atoms with Gasteiger partial charge in [-0.2, -0.15) is 5.10 Å². The van der Waals surface area contributed by atoms with Crippen LogP contribution in [0.4, 0.5) is 5.69 Å². The normalized spacial score (nSPS) is 17.1. The highest BCUT2D eigenvalue weighted by Crippen LogP contribution is 2.34. The maximum absolute atomic E-state index is 12.5. The molecule has 24 heavy (non-hydrogen) atoms. The smallest absolute Gasteiger partial charge is 0.279 e. The average Bonchev–Trinajstić information content (AvgIpc) is 3.18. The van der Waals surface area contributed by atoms with Crippen LogP contribution in [0.25, 0.3) is 0 Å². The summed E-state index contributed by atoms with van der Waals surface area (Å²) in [6, 6.07) is 13.1. The van der Waals surface area contributed by atoms with E-state index >= 15 is 0 Å². The maximum Gasteiger partial charge on any atom is 0.279 e. The van der Waals surface area contributed by atoms with Crippen LogP contribution >= 0.6 is 0 Å². The van der Waals surface area contributed by atoms with Gasteiger partial charge in [0.05, 0.1) is 11.9 Å². The lowest BCUT2D eigenvalue weighted by Crippen LogP contribution is -2.29. The monoisotopic (exact) mass is 321 g/mol. The summed E-state index contributed by atoms with van der Waals surface area (Å²) in [5, 5.41) is 8.26. The molecule has 0 bridgehead atoms. The molecule has 2 aromatic carbocycles. The first kappa shape index (κ1) is 14.4. The summed E-state index contributed by atoms with van der Waals surface area (Å²) >= 11 is 0. The Morgan fingerprint density at radius 3 is 2.92 bits per heavy atom. The number of carbonyl (C=O) groups excluding carboxylic acids is 1. The molecule has 0 N–H and O–H groups in total. The Morgan fingerprint density at radius 2 is 2.04 bits per heavy atom. The van der Waals surface area contributed by atoms with Crippen molar-refractivity contribution in [2.24, 2.45) is 10.2 Å². The van der Waals surface area contributed by atoms with Crippen LogP contribution in [0.15, 0.2) is 52.7 Å². The van der Waals surface area contributed by atoms with E-state index in [0.29, 0.717) is 23.8 Å². The van der Waals surface area contributed by atoms with E-state index in [0.717, 1.165) is 16.8 Å². The number of rotatable bonds is 3. The summed E-state index contributed by atoms with van der Waals surface area (Å²) in [6.45, 7) is 2.73. The van der Waals surface area contributed by atoms with Crippen LogP contribution in [0.1, 0.15) is 18.1 Å². The molecule has 0 spiro atoms. The van der Waals surface area contributed by atoms with Crippen molar-refractivity contribution < 1.29 is 14.3 Å². The van der Waals surface area contributed by atoms with Gasteiger partial charge in [-0.25, -0.2) is 0 Å². The molecule has 0 saturated carbocycles. The first-order chi connectivity index (χ1) is 11.8. The fraction of sp³-hybridized carbons (Fsp3) is 0.167. The molecule has 2 aliphatic heterocycles. The molecular formula is C18H15N3O3. The lowest BCUT2D eigenvalue weighted by atomic mass is 10.1. The Bertz CT molecular complexity index is 874. The van der Waals surface area contributed by atoms with E-state index in [1.165, 1.54) is 0 Å². The third-order valence-electron chi connectivity index (χ3n) is 4.00. The van der Waals surface area contributed by atoms with E-state index in [1.807, 2.05) is 49.4 Å². The zero-order valence-electron chi connectivity index (χ0n) is 13.1. The van der Waals surface area contributed by atoms with Crippen LogP contribution in [-0.4, -0.2) is 31.2 Å². The number of fused-ring (bicyclic) bond motifs is 2. The highest BCUT2D eigenvalue weighted by molar-refractivity contribution is 6.54. The molecule has 1 amide bonds. The molecule has 2 heterocycles. The van der Waals surface area contributed by atoms with Gasteiger partial charge in [-0.05, 0) is 25.1 Å². The quantitative estimate of drug-likeness (QED) is 0.645. The third kappa shape index (κ3) is 2.23. The molecule has 0 saturated heterocycles. The van der Waals surface area contributed by atoms with Crippen molar-refractivity contribution >= 4 is 23.5 Å². The molecular weight excluding hydrogens is 306 g/mol. The third-order valence-corrected chi connectivity index (χ3v) is 4.00. The standard InChI is InChI=1S/C18H15N3O3/c1-2-21-14-8-4-3-7-13(14)16(18(21)22)20-19-10-12-6-5-9-15-17(12)24-11-23-15/h3-10H,2,11H2,1H3. The number of nitrogens with zero attached hydrogens (tertiary/aromatic N) is 3. The van der Waals surface area contributed by atoms with E-state index in [-0.39, 0.29) is 12.7 Å². The minimum Gasteiger partial charge on any atom is -0.454 e. The molecule has 2 aromatic rings. The van der Waals surface area contributed by atoms with Gasteiger partial charge in [0.15, 0.2) is 17.2 Å². The van der Waals surface area contributed by atoms with E-state index < -0.39 is 0 Å². The largest absolute Gasteiger partial charge is 0.454 e. The van der Waals surface area contributed by atoms with Gasteiger partial charge in [0.25, 0.3) is 5.91 Å². The van der Waals surface area contributed by atoms with Crippen molar-refractivity contribution in [1.82, 2.24) is 0 Å². The van der Waals surface area contributed by atoms with Gasteiger partial charge in [0, 0.05) is 17.7 Å². The van der Waals surface area contributed by atoms with Crippen molar-refractivity contribution in [1.29, 1.82) is 0 Å². The Morgan fingerprint density at radius 1 is 1.17 bits per heavy atom. The summed E-state index contributed by atoms with van der Waals surface area (Å²) in [6.07, 6.45) is 1.57. The van der Waals surface area contributed by atoms with Crippen LogP contribution in [-0.2, 0) is 4.79 Å². The number of hydrogen-bond acceptors (Lipinski definition) is 5. The van der Waals surface area contributed by atoms with Crippen molar-refractivity contribution in [2.75, 3.05) is 18.2 Å². The first-order valence-electron chi connectivity index (χ1n) is 7.70. The number of benzene rings is 2. The molecule has 0 aliphatic carbocycles. The Hall–Kier alpha value is -3.15. The van der Waals surface area contributed by atoms with E-state index in [4.69, 9.17) is 9.47 Å². The molecule has 6 heteroatoms. The van der Waals surface area contributed by atoms with Gasteiger partial charge in [-0.15, -0.1) is 5.10 Å². The summed E-state index contributed by atoms with van der Waals surface area (Å²) in [5.74, 6) is 1.20. The number of likely N-dealkylation sites (N-methyl/N-ethyl adjacent to an activating group) is 1. The molecule has 4 rings (SSSR count).